The number of hydrogen-bond acceptors (Lipinski definition) is 0. The van der Waals surface area contributed by atoms with Crippen LogP contribution in [-0.4, -0.2) is 0 Å². The molecule has 0 heterocycles. The summed E-state index contributed by atoms with van der Waals surface area (Å²) in [6.45, 7) is 0. The predicted molar refractivity (Wildman–Crippen MR) is 268 cm³/mol. The normalized spacial score (nSPS) is 12.8. The molecular weight excluding hydrogens is 745 g/mol. The summed E-state index contributed by atoms with van der Waals surface area (Å²) in [5.41, 5.74) is 10.5. The van der Waals surface area contributed by atoms with Gasteiger partial charge in [0.2, 0.25) is 0 Å². The minimum Gasteiger partial charge on any atom is -0.0622 e. The standard InChI is InChI=1S/C62H32/c1-2-12-33(13-3-1)37-17-8-9-19-39(37)57-52-32-36-16-6-7-18-38(36)53-40-20-10-11-21-41(40)59(62(52)53)61-49-29-27-45-43-23-25-47-51-31-35-15-5-4-14-34(35)30-50(51)46-24-22-42(54(43)56(46)47)44-26-28-48(60(57)61)58(49)55(44)45/h1-32H. The number of fused-ring (bicyclic) bond motifs is 15. The van der Waals surface area contributed by atoms with E-state index in [0.717, 1.165) is 0 Å². The Balaban J connectivity index is 1.13. The molecule has 0 radical (unpaired) electrons. The smallest absolute Gasteiger partial charge is 0.000695 e. The van der Waals surface area contributed by atoms with E-state index in [0.29, 0.717) is 0 Å². The Hall–Kier alpha value is -8.06. The molecule has 15 aromatic rings. The first kappa shape index (κ1) is 31.8. The lowest BCUT2D eigenvalue weighted by molar-refractivity contribution is 1.61. The summed E-state index contributed by atoms with van der Waals surface area (Å²) in [5, 5.41) is 29.6. The fourth-order valence-corrected chi connectivity index (χ4v) is 12.6. The zero-order valence-corrected chi connectivity index (χ0v) is 33.5. The highest BCUT2D eigenvalue weighted by Gasteiger charge is 2.30. The maximum absolute atomic E-state index is 2.50. The first-order valence-corrected chi connectivity index (χ1v) is 21.8. The molecule has 0 atom stereocenters. The summed E-state index contributed by atoms with van der Waals surface area (Å²) >= 11 is 0. The van der Waals surface area contributed by atoms with Crippen molar-refractivity contribution in [3.05, 3.63) is 194 Å². The van der Waals surface area contributed by atoms with Crippen LogP contribution in [0.4, 0.5) is 0 Å². The third-order valence-electron chi connectivity index (χ3n) is 15.0. The maximum Gasteiger partial charge on any atom is -0.000695 e. The fraction of sp³-hybridized carbons (Fsp3) is 0. The highest BCUT2D eigenvalue weighted by atomic mass is 14.3. The minimum atomic E-state index is 1.23. The Morgan fingerprint density at radius 3 is 1.27 bits per heavy atom. The van der Waals surface area contributed by atoms with Gasteiger partial charge < -0.3 is 0 Å². The average molecular weight is 777 g/mol. The van der Waals surface area contributed by atoms with Crippen LogP contribution in [0.15, 0.2) is 194 Å². The number of hydrogen-bond donors (Lipinski definition) is 0. The lowest BCUT2D eigenvalue weighted by atomic mass is 9.85. The summed E-state index contributed by atoms with van der Waals surface area (Å²) < 4.78 is 0. The van der Waals surface area contributed by atoms with Crippen LogP contribution in [-0.2, 0) is 0 Å². The second kappa shape index (κ2) is 11.0. The fourth-order valence-electron chi connectivity index (χ4n) is 12.6. The van der Waals surface area contributed by atoms with Gasteiger partial charge in [0, 0.05) is 0 Å². The monoisotopic (exact) mass is 776 g/mol. The van der Waals surface area contributed by atoms with Gasteiger partial charge in [-0.05, 0) is 181 Å². The van der Waals surface area contributed by atoms with Crippen molar-refractivity contribution < 1.29 is 0 Å². The van der Waals surface area contributed by atoms with Gasteiger partial charge in [0.15, 0.2) is 0 Å². The molecule has 1 aliphatic carbocycles. The van der Waals surface area contributed by atoms with Crippen molar-refractivity contribution in [2.75, 3.05) is 0 Å². The SMILES string of the molecule is c1ccc(-c2ccccc2-c2c3cc4ccccc4c4c5ccccc5c(c5c6ccc7c8ccc9c%10c(ccc(c%11ccc(c25)c6c%117)c%108)-c2cc5ccccc5cc2-9)c34)cc1. The molecule has 0 heteroatoms. The van der Waals surface area contributed by atoms with Crippen LogP contribution in [0.3, 0.4) is 0 Å². The van der Waals surface area contributed by atoms with Gasteiger partial charge in [-0.25, -0.2) is 0 Å². The number of rotatable bonds is 2. The second-order valence-corrected chi connectivity index (χ2v) is 17.7. The van der Waals surface area contributed by atoms with E-state index >= 15 is 0 Å². The highest BCUT2D eigenvalue weighted by Crippen LogP contribution is 2.58. The quantitative estimate of drug-likeness (QED) is 0.121. The molecule has 0 amide bonds. The molecule has 0 nitrogen and oxygen atoms in total. The summed E-state index contributed by atoms with van der Waals surface area (Å²) in [6, 6.07) is 73.9. The third-order valence-corrected chi connectivity index (χ3v) is 15.0. The molecule has 280 valence electrons. The van der Waals surface area contributed by atoms with Crippen LogP contribution < -0.4 is 0 Å². The van der Waals surface area contributed by atoms with E-state index in [2.05, 4.69) is 194 Å². The van der Waals surface area contributed by atoms with Gasteiger partial charge in [-0.1, -0.05) is 176 Å². The molecular formula is C62H32. The van der Waals surface area contributed by atoms with E-state index < -0.39 is 0 Å². The van der Waals surface area contributed by atoms with Gasteiger partial charge in [0.05, 0.1) is 0 Å². The topological polar surface area (TPSA) is 0 Å². The van der Waals surface area contributed by atoms with Crippen molar-refractivity contribution in [2.45, 2.75) is 0 Å². The van der Waals surface area contributed by atoms with E-state index in [-0.39, 0.29) is 0 Å². The van der Waals surface area contributed by atoms with Gasteiger partial charge in [0.25, 0.3) is 0 Å². The molecule has 0 saturated heterocycles. The molecule has 0 spiro atoms. The third kappa shape index (κ3) is 3.66. The molecule has 15 aromatic carbocycles. The van der Waals surface area contributed by atoms with E-state index in [9.17, 15) is 0 Å². The van der Waals surface area contributed by atoms with Crippen LogP contribution in [0.5, 0.6) is 0 Å². The average Bonchev–Trinajstić information content (AvgIpc) is 3.97. The van der Waals surface area contributed by atoms with Crippen LogP contribution in [0.2, 0.25) is 0 Å². The van der Waals surface area contributed by atoms with Crippen molar-refractivity contribution in [2.24, 2.45) is 0 Å². The van der Waals surface area contributed by atoms with E-state index in [1.54, 1.807) is 0 Å². The van der Waals surface area contributed by atoms with Crippen LogP contribution in [0.25, 0.3) is 163 Å². The lowest BCUT2D eigenvalue weighted by Crippen LogP contribution is -1.90. The zero-order chi connectivity index (χ0) is 39.9. The molecule has 16 rings (SSSR count). The van der Waals surface area contributed by atoms with Crippen molar-refractivity contribution >= 4 is 118 Å². The highest BCUT2D eigenvalue weighted by molar-refractivity contribution is 6.52. The zero-order valence-electron chi connectivity index (χ0n) is 33.5. The summed E-state index contributed by atoms with van der Waals surface area (Å²) in [5.74, 6) is 0. The van der Waals surface area contributed by atoms with Crippen molar-refractivity contribution in [3.8, 4) is 44.5 Å². The van der Waals surface area contributed by atoms with Gasteiger partial charge >= 0.3 is 0 Å². The van der Waals surface area contributed by atoms with Crippen LogP contribution in [0.1, 0.15) is 0 Å². The predicted octanol–water partition coefficient (Wildman–Crippen LogP) is 17.7. The molecule has 0 aliphatic heterocycles. The van der Waals surface area contributed by atoms with Crippen molar-refractivity contribution in [1.29, 1.82) is 0 Å². The summed E-state index contributed by atoms with van der Waals surface area (Å²) in [7, 11) is 0. The van der Waals surface area contributed by atoms with E-state index in [1.807, 2.05) is 0 Å². The molecule has 0 fully saturated rings. The Kier molecular flexibility index (Phi) is 5.64. The van der Waals surface area contributed by atoms with Gasteiger partial charge in [-0.15, -0.1) is 0 Å². The lowest BCUT2D eigenvalue weighted by Gasteiger charge is -2.17. The summed E-state index contributed by atoms with van der Waals surface area (Å²) in [6.07, 6.45) is 0. The van der Waals surface area contributed by atoms with Crippen LogP contribution >= 0.6 is 0 Å². The molecule has 62 heavy (non-hydrogen) atoms. The molecule has 0 bridgehead atoms. The minimum absolute atomic E-state index is 1.23. The second-order valence-electron chi connectivity index (χ2n) is 17.7. The Morgan fingerprint density at radius 1 is 0.177 bits per heavy atom. The molecule has 1 aliphatic rings. The van der Waals surface area contributed by atoms with Crippen LogP contribution in [0, 0.1) is 0 Å². The van der Waals surface area contributed by atoms with Gasteiger partial charge in [-0.2, -0.15) is 0 Å². The molecule has 0 unspecified atom stereocenters. The molecule has 0 saturated carbocycles. The first-order valence-electron chi connectivity index (χ1n) is 21.8. The largest absolute Gasteiger partial charge is 0.0622 e. The Bertz CT molecular complexity index is 4380. The Labute approximate surface area is 355 Å². The first-order chi connectivity index (χ1) is 30.8. The number of benzene rings is 13. The molecule has 0 N–H and O–H groups in total. The Morgan fingerprint density at radius 2 is 0.597 bits per heavy atom. The summed E-state index contributed by atoms with van der Waals surface area (Å²) in [4.78, 5) is 0. The van der Waals surface area contributed by atoms with Gasteiger partial charge in [-0.3, -0.25) is 0 Å². The van der Waals surface area contributed by atoms with Crippen molar-refractivity contribution in [1.82, 2.24) is 0 Å². The van der Waals surface area contributed by atoms with E-state index in [1.165, 1.54) is 163 Å². The van der Waals surface area contributed by atoms with E-state index in [4.69, 9.17) is 0 Å². The van der Waals surface area contributed by atoms with Crippen molar-refractivity contribution in [3.63, 3.8) is 0 Å². The molecule has 0 aromatic heterocycles. The maximum atomic E-state index is 2.50. The van der Waals surface area contributed by atoms with Gasteiger partial charge in [0.1, 0.15) is 0 Å².